The van der Waals surface area contributed by atoms with Crippen LogP contribution in [0, 0.1) is 30.1 Å². The molecule has 0 aromatic heterocycles. The van der Waals surface area contributed by atoms with Crippen molar-refractivity contribution in [3.05, 3.63) is 82.4 Å². The topological polar surface area (TPSA) is 195 Å². The van der Waals surface area contributed by atoms with Crippen LogP contribution in [0.25, 0.3) is 11.1 Å². The molecule has 2 amide bonds. The van der Waals surface area contributed by atoms with Crippen LogP contribution in [0.3, 0.4) is 0 Å². The van der Waals surface area contributed by atoms with E-state index >= 15 is 0 Å². The molecule has 1 aliphatic heterocycles. The van der Waals surface area contributed by atoms with Gasteiger partial charge in [-0.15, -0.1) is 0 Å². The number of benzene rings is 3. The lowest BCUT2D eigenvalue weighted by Crippen LogP contribution is -2.45. The number of nitriles is 1. The summed E-state index contributed by atoms with van der Waals surface area (Å²) < 4.78 is 12.2. The van der Waals surface area contributed by atoms with Gasteiger partial charge < -0.3 is 31.2 Å². The number of ketones is 3. The first-order chi connectivity index (χ1) is 29.3. The Hall–Kier alpha value is -5.38. The summed E-state index contributed by atoms with van der Waals surface area (Å²) in [5.74, 6) is -2.53. The van der Waals surface area contributed by atoms with Gasteiger partial charge in [0.25, 0.3) is 0 Å². The average Bonchev–Trinajstić information content (AvgIpc) is 3.24. The van der Waals surface area contributed by atoms with Crippen molar-refractivity contribution in [2.24, 2.45) is 23.3 Å². The van der Waals surface area contributed by atoms with Crippen molar-refractivity contribution in [3.8, 4) is 28.7 Å². The van der Waals surface area contributed by atoms with Gasteiger partial charge >= 0.3 is 0 Å². The van der Waals surface area contributed by atoms with Gasteiger partial charge in [0.05, 0.1) is 12.1 Å². The Morgan fingerprint density at radius 2 is 1.56 bits per heavy atom. The van der Waals surface area contributed by atoms with Crippen LogP contribution in [-0.4, -0.2) is 73.5 Å². The minimum atomic E-state index is -1.15. The minimum Gasteiger partial charge on any atom is -0.492 e. The first kappa shape index (κ1) is 48.3. The molecule has 328 valence electrons. The van der Waals surface area contributed by atoms with Crippen molar-refractivity contribution in [2.45, 2.75) is 117 Å². The van der Waals surface area contributed by atoms with Crippen LogP contribution in [0.2, 0.25) is 0 Å². The quantitative estimate of drug-likeness (QED) is 0.0732. The highest BCUT2D eigenvalue weighted by Crippen LogP contribution is 2.41. The van der Waals surface area contributed by atoms with Crippen LogP contribution in [0.15, 0.2) is 54.6 Å². The lowest BCUT2D eigenvalue weighted by atomic mass is 9.88. The second-order valence-corrected chi connectivity index (χ2v) is 16.4. The molecular weight excluding hydrogens is 771 g/mol. The zero-order valence-electron chi connectivity index (χ0n) is 36.7. The molecule has 61 heavy (non-hydrogen) atoms. The fourth-order valence-electron chi connectivity index (χ4n) is 7.97. The fraction of sp³-hybridized carbons (Fsp3) is 0.510. The smallest absolute Gasteiger partial charge is 0.226 e. The van der Waals surface area contributed by atoms with E-state index in [0.29, 0.717) is 39.3 Å². The third-order valence-electron chi connectivity index (χ3n) is 11.4. The molecule has 12 nitrogen and oxygen atoms in total. The Bertz CT molecular complexity index is 2040. The van der Waals surface area contributed by atoms with Crippen LogP contribution in [0.5, 0.6) is 11.5 Å². The van der Waals surface area contributed by atoms with E-state index in [-0.39, 0.29) is 70.0 Å². The fourth-order valence-corrected chi connectivity index (χ4v) is 7.97. The average molecular weight is 836 g/mol. The Balaban J connectivity index is 1.72. The summed E-state index contributed by atoms with van der Waals surface area (Å²) in [4.78, 5) is 71.1. The molecule has 4 bridgehead atoms. The summed E-state index contributed by atoms with van der Waals surface area (Å²) in [5, 5.41) is 12.1. The highest BCUT2D eigenvalue weighted by molar-refractivity contribution is 6.01. The third-order valence-corrected chi connectivity index (χ3v) is 11.4. The van der Waals surface area contributed by atoms with Crippen LogP contribution in [-0.2, 0) is 32.0 Å². The van der Waals surface area contributed by atoms with Gasteiger partial charge in [-0.05, 0) is 72.7 Å². The first-order valence-corrected chi connectivity index (χ1v) is 21.9. The number of carbonyl (C=O) groups excluding carboxylic acids is 5. The third kappa shape index (κ3) is 13.6. The van der Waals surface area contributed by atoms with Crippen molar-refractivity contribution in [1.82, 2.24) is 10.2 Å². The van der Waals surface area contributed by atoms with Crippen molar-refractivity contribution in [2.75, 3.05) is 33.4 Å². The number of aryl methyl sites for hydroxylation is 2. The van der Waals surface area contributed by atoms with Gasteiger partial charge in [0.1, 0.15) is 30.8 Å². The molecular formula is C49H65N5O7. The van der Waals surface area contributed by atoms with Crippen LogP contribution in [0.1, 0.15) is 124 Å². The predicted molar refractivity (Wildman–Crippen MR) is 237 cm³/mol. The number of Topliss-reactive ketones (excluding diaryl/α,β-unsaturated/α-hetero) is 3. The Morgan fingerprint density at radius 1 is 0.902 bits per heavy atom. The molecule has 0 fully saturated rings. The maximum atomic E-state index is 14.5. The molecule has 1 aliphatic rings. The molecule has 0 saturated carbocycles. The standard InChI is InChI=1S/C49H65N5O7/c1-6-7-8-9-10-11-13-35-15-18-38(32(2)26-35)43(56)28-34(4)49(59)54(5)47-37-17-20-46(61-25-23-52)40(31-37)39-29-36(16-19-45(39)60-24-22-51)30-41(42(55)14-12-21-50)53-48(58)33(3)27-44(47)57/h15-20,26,29,31,33-34,41,47H,6-14,22-25,27-28,30,51-52H2,1-5H3,(H,53,58)/t33-,34-,41+,47+/m1/s1. The molecule has 0 saturated heterocycles. The normalized spacial score (nSPS) is 17.0. The van der Waals surface area contributed by atoms with E-state index in [1.54, 1.807) is 51.2 Å². The van der Waals surface area contributed by atoms with Crippen LogP contribution < -0.4 is 26.3 Å². The number of nitrogens with zero attached hydrogens (tertiary/aromatic N) is 2. The van der Waals surface area contributed by atoms with Crippen molar-refractivity contribution in [1.29, 1.82) is 5.26 Å². The lowest BCUT2D eigenvalue weighted by molar-refractivity contribution is -0.142. The van der Waals surface area contributed by atoms with Gasteiger partial charge in [-0.1, -0.05) is 83.2 Å². The number of hydrogen-bond donors (Lipinski definition) is 3. The Labute approximate surface area is 361 Å². The van der Waals surface area contributed by atoms with Crippen LogP contribution in [0.4, 0.5) is 0 Å². The second-order valence-electron chi connectivity index (χ2n) is 16.4. The van der Waals surface area contributed by atoms with Gasteiger partial charge in [0.2, 0.25) is 11.8 Å². The highest BCUT2D eigenvalue weighted by Gasteiger charge is 2.35. The maximum Gasteiger partial charge on any atom is 0.226 e. The number of unbranched alkanes of at least 4 members (excludes halogenated alkanes) is 5. The molecule has 0 radical (unpaired) electrons. The minimum absolute atomic E-state index is 0.0117. The number of rotatable bonds is 21. The Kier molecular flexibility index (Phi) is 19.1. The number of amides is 2. The molecule has 4 atom stereocenters. The molecule has 0 unspecified atom stereocenters. The van der Waals surface area contributed by atoms with Crippen molar-refractivity contribution < 1.29 is 33.4 Å². The molecule has 0 spiro atoms. The van der Waals surface area contributed by atoms with E-state index in [1.165, 1.54) is 42.6 Å². The predicted octanol–water partition coefficient (Wildman–Crippen LogP) is 7.16. The number of ether oxygens (including phenoxy) is 2. The molecule has 1 heterocycles. The molecule has 3 aromatic rings. The number of fused-ring (bicyclic) bond motifs is 5. The summed E-state index contributed by atoms with van der Waals surface area (Å²) in [6, 6.07) is 16.4. The van der Waals surface area contributed by atoms with E-state index in [1.807, 2.05) is 31.2 Å². The van der Waals surface area contributed by atoms with E-state index in [4.69, 9.17) is 20.9 Å². The summed E-state index contributed by atoms with van der Waals surface area (Å²) >= 11 is 0. The zero-order chi connectivity index (χ0) is 44.5. The van der Waals surface area contributed by atoms with Crippen LogP contribution >= 0.6 is 0 Å². The maximum absolute atomic E-state index is 14.5. The molecule has 12 heteroatoms. The lowest BCUT2D eigenvalue weighted by Gasteiger charge is -2.31. The van der Waals surface area contributed by atoms with E-state index < -0.39 is 41.5 Å². The first-order valence-electron chi connectivity index (χ1n) is 21.9. The largest absolute Gasteiger partial charge is 0.492 e. The molecule has 4 rings (SSSR count). The van der Waals surface area contributed by atoms with Gasteiger partial charge in [-0.25, -0.2) is 0 Å². The molecule has 5 N–H and O–H groups in total. The highest BCUT2D eigenvalue weighted by atomic mass is 16.5. The van der Waals surface area contributed by atoms with Crippen molar-refractivity contribution >= 4 is 29.2 Å². The zero-order valence-corrected chi connectivity index (χ0v) is 36.7. The summed E-state index contributed by atoms with van der Waals surface area (Å²) in [7, 11) is 1.54. The van der Waals surface area contributed by atoms with Gasteiger partial charge in [-0.3, -0.25) is 24.0 Å². The number of nitrogens with one attached hydrogen (secondary N) is 1. The summed E-state index contributed by atoms with van der Waals surface area (Å²) in [6.45, 7) is 8.30. The van der Waals surface area contributed by atoms with E-state index in [9.17, 15) is 29.2 Å². The second kappa shape index (κ2) is 24.2. The summed E-state index contributed by atoms with van der Waals surface area (Å²) in [5.41, 5.74) is 16.6. The van der Waals surface area contributed by atoms with Gasteiger partial charge in [0, 0.05) is 74.3 Å². The summed E-state index contributed by atoms with van der Waals surface area (Å²) in [6.07, 6.45) is 7.94. The monoisotopic (exact) mass is 835 g/mol. The van der Waals surface area contributed by atoms with Crippen molar-refractivity contribution in [3.63, 3.8) is 0 Å². The molecule has 3 aromatic carbocycles. The van der Waals surface area contributed by atoms with E-state index in [2.05, 4.69) is 18.3 Å². The number of hydrogen-bond acceptors (Lipinski definition) is 10. The SMILES string of the molecule is CCCCCCCCc1ccc(C(=O)C[C@@H](C)C(=O)N(C)[C@@H]2C(=O)C[C@@H](C)C(=O)N[C@H](C(=O)CCC#N)Cc3ccc(OCCN)c(c3)-c3cc2ccc3OCCN)c(C)c1. The number of carbonyl (C=O) groups is 5. The number of nitrogens with two attached hydrogens (primary N) is 2. The van der Waals surface area contributed by atoms with Gasteiger partial charge in [-0.2, -0.15) is 5.26 Å². The van der Waals surface area contributed by atoms with E-state index in [0.717, 1.165) is 18.4 Å². The Morgan fingerprint density at radius 3 is 2.21 bits per heavy atom. The van der Waals surface area contributed by atoms with Gasteiger partial charge in [0.15, 0.2) is 17.3 Å². The molecule has 0 aliphatic carbocycles. The number of likely N-dealkylation sites (N-methyl/N-ethyl adjacent to an activating group) is 1.